The van der Waals surface area contributed by atoms with Crippen molar-refractivity contribution in [2.45, 2.75) is 44.7 Å². The highest BCUT2D eigenvalue weighted by Crippen LogP contribution is 2.22. The molecule has 0 aliphatic heterocycles. The fourth-order valence-electron chi connectivity index (χ4n) is 2.80. The quantitative estimate of drug-likeness (QED) is 0.556. The van der Waals surface area contributed by atoms with Crippen LogP contribution in [0.5, 0.6) is 0 Å². The van der Waals surface area contributed by atoms with Gasteiger partial charge in [-0.15, -0.1) is 10.2 Å². The van der Waals surface area contributed by atoms with Crippen LogP contribution in [0.3, 0.4) is 0 Å². The zero-order valence-electron chi connectivity index (χ0n) is 16.7. The van der Waals surface area contributed by atoms with Crippen LogP contribution in [0, 0.1) is 0 Å². The van der Waals surface area contributed by atoms with Crippen molar-refractivity contribution in [2.75, 3.05) is 11.1 Å². The molecule has 0 saturated heterocycles. The third kappa shape index (κ3) is 5.01. The van der Waals surface area contributed by atoms with Crippen LogP contribution in [-0.2, 0) is 4.79 Å². The molecule has 0 aliphatic carbocycles. The number of thioether (sulfide) groups is 1. The van der Waals surface area contributed by atoms with Crippen LogP contribution in [0.15, 0.2) is 60.0 Å². The largest absolute Gasteiger partial charge is 0.325 e. The lowest BCUT2D eigenvalue weighted by molar-refractivity contribution is -0.113. The number of hydrogen-bond donors (Lipinski definition) is 1. The maximum atomic E-state index is 12.3. The Hall–Kier alpha value is -2.60. The van der Waals surface area contributed by atoms with Crippen LogP contribution >= 0.6 is 11.8 Å². The molecule has 28 heavy (non-hydrogen) atoms. The maximum absolute atomic E-state index is 12.3. The Morgan fingerprint density at radius 1 is 0.964 bits per heavy atom. The fourth-order valence-corrected chi connectivity index (χ4v) is 3.53. The molecular formula is C22H26N4OS. The first-order valence-corrected chi connectivity index (χ1v) is 10.5. The normalized spacial score (nSPS) is 11.2. The van der Waals surface area contributed by atoms with Gasteiger partial charge in [-0.25, -0.2) is 0 Å². The topological polar surface area (TPSA) is 59.8 Å². The number of rotatable bonds is 7. The summed E-state index contributed by atoms with van der Waals surface area (Å²) in [6.07, 6.45) is 1.68. The summed E-state index contributed by atoms with van der Waals surface area (Å²) >= 11 is 1.37. The molecule has 0 bridgehead atoms. The van der Waals surface area contributed by atoms with Crippen molar-refractivity contribution >= 4 is 23.4 Å². The van der Waals surface area contributed by atoms with Gasteiger partial charge in [0, 0.05) is 11.4 Å². The number of nitrogens with zero attached hydrogens (tertiary/aromatic N) is 3. The van der Waals surface area contributed by atoms with Gasteiger partial charge in [0.05, 0.1) is 5.75 Å². The zero-order valence-corrected chi connectivity index (χ0v) is 17.5. The Morgan fingerprint density at radius 3 is 2.11 bits per heavy atom. The lowest BCUT2D eigenvalue weighted by Crippen LogP contribution is -2.14. The molecule has 0 radical (unpaired) electrons. The van der Waals surface area contributed by atoms with Gasteiger partial charge >= 0.3 is 0 Å². The predicted molar refractivity (Wildman–Crippen MR) is 115 cm³/mol. The van der Waals surface area contributed by atoms with Gasteiger partial charge in [-0.2, -0.15) is 0 Å². The minimum absolute atomic E-state index is 0.0630. The third-order valence-electron chi connectivity index (χ3n) is 4.55. The number of aromatic nitrogens is 3. The Kier molecular flexibility index (Phi) is 6.52. The summed E-state index contributed by atoms with van der Waals surface area (Å²) in [4.78, 5) is 12.3. The van der Waals surface area contributed by atoms with Crippen LogP contribution in [0.4, 0.5) is 5.69 Å². The molecule has 3 rings (SSSR count). The Labute approximate surface area is 170 Å². The van der Waals surface area contributed by atoms with E-state index in [9.17, 15) is 4.79 Å². The van der Waals surface area contributed by atoms with E-state index in [-0.39, 0.29) is 11.7 Å². The molecule has 146 valence electrons. The van der Waals surface area contributed by atoms with E-state index in [0.29, 0.717) is 17.0 Å². The summed E-state index contributed by atoms with van der Waals surface area (Å²) in [6, 6.07) is 16.3. The second-order valence-corrected chi connectivity index (χ2v) is 8.29. The van der Waals surface area contributed by atoms with Crippen molar-refractivity contribution in [1.82, 2.24) is 14.8 Å². The number of benzene rings is 2. The predicted octanol–water partition coefficient (Wildman–Crippen LogP) is 5.24. The number of nitrogens with one attached hydrogen (secondary N) is 1. The molecular weight excluding hydrogens is 368 g/mol. The molecule has 0 unspecified atom stereocenters. The summed E-state index contributed by atoms with van der Waals surface area (Å²) < 4.78 is 1.90. The standard InChI is InChI=1S/C22H26N4OS/c1-15(2)17-5-9-19(10-6-17)24-21(27)13-28-22-25-23-14-26(22)20-11-7-18(8-12-20)16(3)4/h5-12,14-16H,13H2,1-4H3,(H,24,27). The average molecular weight is 395 g/mol. The molecule has 1 aromatic heterocycles. The SMILES string of the molecule is CC(C)c1ccc(NC(=O)CSc2nncn2-c2ccc(C(C)C)cc2)cc1. The van der Waals surface area contributed by atoms with Gasteiger partial charge in [0.15, 0.2) is 5.16 Å². The highest BCUT2D eigenvalue weighted by Gasteiger charge is 2.11. The van der Waals surface area contributed by atoms with Crippen LogP contribution in [0.25, 0.3) is 5.69 Å². The van der Waals surface area contributed by atoms with Crippen LogP contribution < -0.4 is 5.32 Å². The molecule has 0 atom stereocenters. The minimum Gasteiger partial charge on any atom is -0.325 e. The van der Waals surface area contributed by atoms with Gasteiger partial charge in [-0.1, -0.05) is 63.7 Å². The fraction of sp³-hybridized carbons (Fsp3) is 0.318. The second kappa shape index (κ2) is 9.06. The van der Waals surface area contributed by atoms with Crippen molar-refractivity contribution in [3.05, 3.63) is 66.0 Å². The minimum atomic E-state index is -0.0630. The summed E-state index contributed by atoms with van der Waals surface area (Å²) in [5, 5.41) is 11.8. The van der Waals surface area contributed by atoms with E-state index < -0.39 is 0 Å². The molecule has 1 amide bonds. The summed E-state index contributed by atoms with van der Waals surface area (Å²) in [5.41, 5.74) is 4.33. The molecule has 0 saturated carbocycles. The van der Waals surface area contributed by atoms with E-state index in [0.717, 1.165) is 11.4 Å². The average Bonchev–Trinajstić information content (AvgIpc) is 3.15. The van der Waals surface area contributed by atoms with Crippen molar-refractivity contribution in [1.29, 1.82) is 0 Å². The van der Waals surface area contributed by atoms with Crippen molar-refractivity contribution in [3.8, 4) is 5.69 Å². The zero-order chi connectivity index (χ0) is 20.1. The number of amides is 1. The van der Waals surface area contributed by atoms with Crippen LogP contribution in [0.2, 0.25) is 0 Å². The van der Waals surface area contributed by atoms with E-state index in [2.05, 4.69) is 67.5 Å². The van der Waals surface area contributed by atoms with E-state index in [4.69, 9.17) is 0 Å². The van der Waals surface area contributed by atoms with Crippen LogP contribution in [0.1, 0.15) is 50.7 Å². The number of carbonyl (C=O) groups is 1. The van der Waals surface area contributed by atoms with Gasteiger partial charge in [-0.3, -0.25) is 9.36 Å². The molecule has 0 aliphatic rings. The van der Waals surface area contributed by atoms with Crippen molar-refractivity contribution in [2.24, 2.45) is 0 Å². The first-order chi connectivity index (χ1) is 13.4. The van der Waals surface area contributed by atoms with Gasteiger partial charge in [-0.05, 0) is 47.2 Å². The van der Waals surface area contributed by atoms with Gasteiger partial charge < -0.3 is 5.32 Å². The van der Waals surface area contributed by atoms with E-state index in [1.165, 1.54) is 22.9 Å². The Morgan fingerprint density at radius 2 is 1.54 bits per heavy atom. The Balaban J connectivity index is 1.60. The summed E-state index contributed by atoms with van der Waals surface area (Å²) in [6.45, 7) is 8.64. The van der Waals surface area contributed by atoms with Crippen LogP contribution in [-0.4, -0.2) is 26.4 Å². The van der Waals surface area contributed by atoms with E-state index >= 15 is 0 Å². The molecule has 5 nitrogen and oxygen atoms in total. The van der Waals surface area contributed by atoms with Crippen molar-refractivity contribution in [3.63, 3.8) is 0 Å². The monoisotopic (exact) mass is 394 g/mol. The van der Waals surface area contributed by atoms with Gasteiger partial charge in [0.1, 0.15) is 6.33 Å². The highest BCUT2D eigenvalue weighted by atomic mass is 32.2. The van der Waals surface area contributed by atoms with E-state index in [1.54, 1.807) is 6.33 Å². The summed E-state index contributed by atoms with van der Waals surface area (Å²) in [5.74, 6) is 1.17. The molecule has 0 fully saturated rings. The lowest BCUT2D eigenvalue weighted by Gasteiger charge is -2.10. The van der Waals surface area contributed by atoms with Crippen molar-refractivity contribution < 1.29 is 4.79 Å². The number of anilines is 1. The second-order valence-electron chi connectivity index (χ2n) is 7.34. The molecule has 1 N–H and O–H groups in total. The number of carbonyl (C=O) groups excluding carboxylic acids is 1. The Bertz CT molecular complexity index is 914. The molecule has 6 heteroatoms. The molecule has 2 aromatic carbocycles. The van der Waals surface area contributed by atoms with Gasteiger partial charge in [0.2, 0.25) is 5.91 Å². The maximum Gasteiger partial charge on any atom is 0.234 e. The summed E-state index contributed by atoms with van der Waals surface area (Å²) in [7, 11) is 0. The molecule has 0 spiro atoms. The highest BCUT2D eigenvalue weighted by molar-refractivity contribution is 7.99. The lowest BCUT2D eigenvalue weighted by atomic mass is 10.0. The molecule has 3 aromatic rings. The first-order valence-electron chi connectivity index (χ1n) is 9.47. The van der Waals surface area contributed by atoms with Gasteiger partial charge in [0.25, 0.3) is 0 Å². The first kappa shape index (κ1) is 20.1. The number of hydrogen-bond acceptors (Lipinski definition) is 4. The van der Waals surface area contributed by atoms with E-state index in [1.807, 2.05) is 28.8 Å². The molecule has 1 heterocycles. The third-order valence-corrected chi connectivity index (χ3v) is 5.49. The smallest absolute Gasteiger partial charge is 0.234 e.